The van der Waals surface area contributed by atoms with Crippen molar-refractivity contribution in [2.45, 2.75) is 13.3 Å². The van der Waals surface area contributed by atoms with Crippen LogP contribution in [-0.2, 0) is 0 Å². The van der Waals surface area contributed by atoms with E-state index in [1.165, 1.54) is 20.1 Å². The Morgan fingerprint density at radius 3 is 2.60 bits per heavy atom. The summed E-state index contributed by atoms with van der Waals surface area (Å²) in [6.07, 6.45) is -2.71. The van der Waals surface area contributed by atoms with Crippen molar-refractivity contribution in [3.63, 3.8) is 0 Å². The topological polar surface area (TPSA) is 39.2 Å². The molecule has 3 nitrogen and oxygen atoms in total. The maximum absolute atomic E-state index is 12.4. The summed E-state index contributed by atoms with van der Waals surface area (Å²) in [5.74, 6) is -0.184. The van der Waals surface area contributed by atoms with Crippen molar-refractivity contribution in [1.29, 1.82) is 0 Å². The van der Waals surface area contributed by atoms with Crippen molar-refractivity contribution >= 4 is 16.8 Å². The van der Waals surface area contributed by atoms with Gasteiger partial charge in [-0.15, -0.1) is 0 Å². The van der Waals surface area contributed by atoms with Crippen LogP contribution in [0.2, 0.25) is 0 Å². The maximum Gasteiger partial charge on any atom is 0.280 e. The molecule has 0 aliphatic heterocycles. The van der Waals surface area contributed by atoms with Crippen LogP contribution in [0.15, 0.2) is 6.07 Å². The molecule has 0 radical (unpaired) electrons. The molecule has 0 aromatic carbocycles. The van der Waals surface area contributed by atoms with Gasteiger partial charge in [-0.3, -0.25) is 4.79 Å². The maximum atomic E-state index is 12.4. The number of hydrogen-bond donors (Lipinski definition) is 0. The molecule has 0 atom stereocenters. The average Bonchev–Trinajstić information content (AvgIpc) is 2.16. The van der Waals surface area contributed by atoms with Crippen molar-refractivity contribution < 1.29 is 18.3 Å². The van der Waals surface area contributed by atoms with E-state index in [1.54, 1.807) is 0 Å². The summed E-state index contributed by atoms with van der Waals surface area (Å²) in [5.41, 5.74) is -0.218. The molecule has 82 valence electrons. The van der Waals surface area contributed by atoms with Crippen molar-refractivity contribution in [3.8, 4) is 5.88 Å². The fourth-order valence-electron chi connectivity index (χ4n) is 1.13. The SMILES string of the molecule is COc1nc(C(F)F)c(C)cc1C(=O)Cl. The minimum Gasteiger partial charge on any atom is -0.480 e. The van der Waals surface area contributed by atoms with Crippen molar-refractivity contribution in [3.05, 3.63) is 22.9 Å². The van der Waals surface area contributed by atoms with E-state index in [2.05, 4.69) is 4.98 Å². The zero-order valence-corrected chi connectivity index (χ0v) is 8.81. The first kappa shape index (κ1) is 11.8. The molecule has 0 N–H and O–H groups in total. The number of methoxy groups -OCH3 is 1. The number of aromatic nitrogens is 1. The van der Waals surface area contributed by atoms with E-state index in [9.17, 15) is 13.6 Å². The van der Waals surface area contributed by atoms with Crippen LogP contribution in [0.1, 0.15) is 28.0 Å². The zero-order chi connectivity index (χ0) is 11.6. The highest BCUT2D eigenvalue weighted by molar-refractivity contribution is 6.68. The lowest BCUT2D eigenvalue weighted by molar-refractivity contribution is 0.107. The smallest absolute Gasteiger partial charge is 0.280 e. The Balaban J connectivity index is 3.35. The molecule has 0 unspecified atom stereocenters. The Kier molecular flexibility index (Phi) is 3.57. The molecule has 0 aliphatic carbocycles. The summed E-state index contributed by atoms with van der Waals surface area (Å²) in [6, 6.07) is 1.24. The van der Waals surface area contributed by atoms with Gasteiger partial charge in [0, 0.05) is 0 Å². The Bertz CT molecular complexity index is 396. The number of hydrogen-bond acceptors (Lipinski definition) is 3. The van der Waals surface area contributed by atoms with Gasteiger partial charge in [0.1, 0.15) is 5.69 Å². The summed E-state index contributed by atoms with van der Waals surface area (Å²) in [6.45, 7) is 1.43. The monoisotopic (exact) mass is 235 g/mol. The van der Waals surface area contributed by atoms with E-state index < -0.39 is 17.4 Å². The standard InChI is InChI=1S/C9H8ClF2NO2/c1-4-3-5(7(10)14)9(15-2)13-6(4)8(11)12/h3,8H,1-2H3. The third-order valence-electron chi connectivity index (χ3n) is 1.83. The normalized spacial score (nSPS) is 10.5. The van der Waals surface area contributed by atoms with E-state index in [0.717, 1.165) is 0 Å². The molecule has 0 saturated heterocycles. The zero-order valence-electron chi connectivity index (χ0n) is 8.05. The fourth-order valence-corrected chi connectivity index (χ4v) is 1.26. The summed E-state index contributed by atoms with van der Waals surface area (Å²) in [4.78, 5) is 14.5. The second-order valence-corrected chi connectivity index (χ2v) is 3.17. The van der Waals surface area contributed by atoms with Gasteiger partial charge in [-0.05, 0) is 30.2 Å². The molecule has 1 aromatic rings. The molecule has 0 bridgehead atoms. The second kappa shape index (κ2) is 4.53. The van der Waals surface area contributed by atoms with Crippen LogP contribution in [0.25, 0.3) is 0 Å². The molecule has 0 aliphatic rings. The molecular weight excluding hydrogens is 228 g/mol. The van der Waals surface area contributed by atoms with Crippen LogP contribution in [0.3, 0.4) is 0 Å². The van der Waals surface area contributed by atoms with E-state index in [-0.39, 0.29) is 17.0 Å². The molecule has 6 heteroatoms. The minimum absolute atomic E-state index is 0.0129. The van der Waals surface area contributed by atoms with Crippen LogP contribution in [0.4, 0.5) is 8.78 Å². The molecule has 1 rings (SSSR count). The van der Waals surface area contributed by atoms with Gasteiger partial charge in [0.05, 0.1) is 12.7 Å². The van der Waals surface area contributed by atoms with Crippen LogP contribution in [0, 0.1) is 6.92 Å². The first-order valence-corrected chi connectivity index (χ1v) is 4.38. The van der Waals surface area contributed by atoms with Crippen LogP contribution in [0.5, 0.6) is 5.88 Å². The molecular formula is C9H8ClF2NO2. The lowest BCUT2D eigenvalue weighted by Gasteiger charge is -2.09. The third-order valence-corrected chi connectivity index (χ3v) is 2.03. The van der Waals surface area contributed by atoms with E-state index in [1.807, 2.05) is 0 Å². The van der Waals surface area contributed by atoms with Gasteiger partial charge in [0.15, 0.2) is 0 Å². The molecule has 0 saturated carbocycles. The number of carbonyl (C=O) groups is 1. The van der Waals surface area contributed by atoms with Crippen LogP contribution in [-0.4, -0.2) is 17.3 Å². The van der Waals surface area contributed by atoms with E-state index in [4.69, 9.17) is 16.3 Å². The van der Waals surface area contributed by atoms with Gasteiger partial charge in [0.25, 0.3) is 11.7 Å². The van der Waals surface area contributed by atoms with Gasteiger partial charge < -0.3 is 4.74 Å². The largest absolute Gasteiger partial charge is 0.480 e. The van der Waals surface area contributed by atoms with Gasteiger partial charge in [-0.25, -0.2) is 13.8 Å². The quantitative estimate of drug-likeness (QED) is 0.756. The first-order valence-electron chi connectivity index (χ1n) is 4.01. The number of alkyl halides is 2. The lowest BCUT2D eigenvalue weighted by atomic mass is 10.1. The van der Waals surface area contributed by atoms with E-state index >= 15 is 0 Å². The van der Waals surface area contributed by atoms with Crippen LogP contribution >= 0.6 is 11.6 Å². The number of pyridine rings is 1. The van der Waals surface area contributed by atoms with Crippen molar-refractivity contribution in [1.82, 2.24) is 4.98 Å². The summed E-state index contributed by atoms with van der Waals surface area (Å²) in [7, 11) is 1.23. The molecule has 1 heterocycles. The highest BCUT2D eigenvalue weighted by Crippen LogP contribution is 2.27. The van der Waals surface area contributed by atoms with Gasteiger partial charge in [-0.2, -0.15) is 0 Å². The van der Waals surface area contributed by atoms with Crippen LogP contribution < -0.4 is 4.74 Å². The second-order valence-electron chi connectivity index (χ2n) is 2.82. The number of ether oxygens (including phenoxy) is 1. The predicted octanol–water partition coefficient (Wildman–Crippen LogP) is 2.72. The molecule has 0 fully saturated rings. The van der Waals surface area contributed by atoms with Crippen molar-refractivity contribution in [2.24, 2.45) is 0 Å². The number of carbonyl (C=O) groups excluding carboxylic acids is 1. The van der Waals surface area contributed by atoms with Crippen molar-refractivity contribution in [2.75, 3.05) is 7.11 Å². The average molecular weight is 236 g/mol. The third kappa shape index (κ3) is 2.41. The number of rotatable bonds is 3. The molecule has 1 aromatic heterocycles. The van der Waals surface area contributed by atoms with Gasteiger partial charge in [-0.1, -0.05) is 0 Å². The molecule has 15 heavy (non-hydrogen) atoms. The lowest BCUT2D eigenvalue weighted by Crippen LogP contribution is -2.04. The van der Waals surface area contributed by atoms with E-state index in [0.29, 0.717) is 0 Å². The summed E-state index contributed by atoms with van der Waals surface area (Å²) in [5, 5.41) is -0.789. The highest BCUT2D eigenvalue weighted by atomic mass is 35.5. The first-order chi connectivity index (χ1) is 6.97. The summed E-state index contributed by atoms with van der Waals surface area (Å²) < 4.78 is 29.6. The van der Waals surface area contributed by atoms with Gasteiger partial charge in [0.2, 0.25) is 5.88 Å². The molecule has 0 spiro atoms. The highest BCUT2D eigenvalue weighted by Gasteiger charge is 2.19. The number of aryl methyl sites for hydroxylation is 1. The Morgan fingerprint density at radius 1 is 1.60 bits per heavy atom. The predicted molar refractivity (Wildman–Crippen MR) is 50.7 cm³/mol. The Morgan fingerprint density at radius 2 is 2.20 bits per heavy atom. The number of nitrogens with zero attached hydrogens (tertiary/aromatic N) is 1. The molecule has 0 amide bonds. The Labute approximate surface area is 90.0 Å². The fraction of sp³-hybridized carbons (Fsp3) is 0.333. The number of halogens is 3. The Hall–Kier alpha value is -1.23. The van der Waals surface area contributed by atoms with Gasteiger partial charge >= 0.3 is 0 Å². The minimum atomic E-state index is -2.71. The summed E-state index contributed by atoms with van der Waals surface area (Å²) >= 11 is 5.24.